The highest BCUT2D eigenvalue weighted by Gasteiger charge is 2.21. The number of carbonyl (C=O) groups excluding carboxylic acids is 2. The Bertz CT molecular complexity index is 376. The van der Waals surface area contributed by atoms with Crippen molar-refractivity contribution in [1.82, 2.24) is 5.32 Å². The second kappa shape index (κ2) is 6.68. The molecule has 0 radical (unpaired) electrons. The SMILES string of the molecule is CCOC(=O)C(CNC(C)=O)c1ccccc1. The topological polar surface area (TPSA) is 55.4 Å². The number of benzene rings is 1. The van der Waals surface area contributed by atoms with Crippen LogP contribution in [0.2, 0.25) is 0 Å². The summed E-state index contributed by atoms with van der Waals surface area (Å²) in [6.07, 6.45) is 0. The number of nitrogens with one attached hydrogen (secondary N) is 1. The lowest BCUT2D eigenvalue weighted by atomic mass is 9.99. The first-order chi connectivity index (χ1) is 8.15. The Hall–Kier alpha value is -1.84. The highest BCUT2D eigenvalue weighted by Crippen LogP contribution is 2.16. The minimum Gasteiger partial charge on any atom is -0.465 e. The van der Waals surface area contributed by atoms with E-state index in [1.807, 2.05) is 30.3 Å². The molecule has 1 unspecified atom stereocenters. The van der Waals surface area contributed by atoms with Crippen LogP contribution in [0.4, 0.5) is 0 Å². The molecule has 0 aliphatic carbocycles. The van der Waals surface area contributed by atoms with Crippen molar-refractivity contribution in [2.24, 2.45) is 0 Å². The van der Waals surface area contributed by atoms with Gasteiger partial charge in [-0.2, -0.15) is 0 Å². The van der Waals surface area contributed by atoms with Crippen LogP contribution in [-0.2, 0) is 14.3 Å². The van der Waals surface area contributed by atoms with Gasteiger partial charge >= 0.3 is 5.97 Å². The monoisotopic (exact) mass is 235 g/mol. The Labute approximate surface area is 101 Å². The van der Waals surface area contributed by atoms with Crippen molar-refractivity contribution in [2.45, 2.75) is 19.8 Å². The molecule has 1 aromatic rings. The van der Waals surface area contributed by atoms with Crippen molar-refractivity contribution in [1.29, 1.82) is 0 Å². The Morgan fingerprint density at radius 3 is 2.47 bits per heavy atom. The van der Waals surface area contributed by atoms with E-state index < -0.39 is 5.92 Å². The van der Waals surface area contributed by atoms with Crippen LogP contribution >= 0.6 is 0 Å². The van der Waals surface area contributed by atoms with Gasteiger partial charge in [0, 0.05) is 13.5 Å². The summed E-state index contributed by atoms with van der Waals surface area (Å²) < 4.78 is 5.00. The molecule has 1 aromatic carbocycles. The summed E-state index contributed by atoms with van der Waals surface area (Å²) in [7, 11) is 0. The fraction of sp³-hybridized carbons (Fsp3) is 0.385. The van der Waals surface area contributed by atoms with E-state index >= 15 is 0 Å². The molecule has 1 N–H and O–H groups in total. The van der Waals surface area contributed by atoms with Crippen LogP contribution in [0, 0.1) is 0 Å². The minimum absolute atomic E-state index is 0.157. The summed E-state index contributed by atoms with van der Waals surface area (Å²) in [5.41, 5.74) is 0.847. The third-order valence-corrected chi connectivity index (χ3v) is 2.33. The molecule has 0 bridgehead atoms. The van der Waals surface area contributed by atoms with Crippen LogP contribution in [0.3, 0.4) is 0 Å². The van der Waals surface area contributed by atoms with E-state index in [4.69, 9.17) is 4.74 Å². The Balaban J connectivity index is 2.78. The van der Waals surface area contributed by atoms with Gasteiger partial charge in [-0.3, -0.25) is 9.59 Å². The zero-order chi connectivity index (χ0) is 12.7. The highest BCUT2D eigenvalue weighted by atomic mass is 16.5. The molecule has 0 spiro atoms. The van der Waals surface area contributed by atoms with Crippen LogP contribution < -0.4 is 5.32 Å². The summed E-state index contributed by atoms with van der Waals surface area (Å²) in [6.45, 7) is 3.78. The molecule has 0 saturated carbocycles. The average Bonchev–Trinajstić information content (AvgIpc) is 2.30. The van der Waals surface area contributed by atoms with E-state index in [2.05, 4.69) is 5.32 Å². The van der Waals surface area contributed by atoms with Gasteiger partial charge < -0.3 is 10.1 Å². The van der Waals surface area contributed by atoms with Crippen molar-refractivity contribution in [3.8, 4) is 0 Å². The van der Waals surface area contributed by atoms with Gasteiger partial charge in [0.1, 0.15) is 0 Å². The molecule has 1 atom stereocenters. The zero-order valence-electron chi connectivity index (χ0n) is 10.1. The number of esters is 1. The van der Waals surface area contributed by atoms with Crippen LogP contribution in [0.5, 0.6) is 0 Å². The van der Waals surface area contributed by atoms with Gasteiger partial charge in [-0.25, -0.2) is 0 Å². The predicted octanol–water partition coefficient (Wildman–Crippen LogP) is 1.47. The predicted molar refractivity (Wildman–Crippen MR) is 64.5 cm³/mol. The van der Waals surface area contributed by atoms with Crippen LogP contribution in [0.1, 0.15) is 25.3 Å². The first kappa shape index (κ1) is 13.2. The maximum Gasteiger partial charge on any atom is 0.315 e. The third kappa shape index (κ3) is 4.26. The summed E-state index contributed by atoms with van der Waals surface area (Å²) in [4.78, 5) is 22.7. The van der Waals surface area contributed by atoms with Crippen molar-refractivity contribution in [2.75, 3.05) is 13.2 Å². The smallest absolute Gasteiger partial charge is 0.315 e. The molecule has 0 heterocycles. The molecule has 0 aliphatic heterocycles. The van der Waals surface area contributed by atoms with Gasteiger partial charge in [0.25, 0.3) is 0 Å². The molecule has 1 rings (SSSR count). The van der Waals surface area contributed by atoms with E-state index in [1.165, 1.54) is 6.92 Å². The van der Waals surface area contributed by atoms with E-state index in [9.17, 15) is 9.59 Å². The van der Waals surface area contributed by atoms with Crippen LogP contribution in [-0.4, -0.2) is 25.0 Å². The number of carbonyl (C=O) groups is 2. The number of amides is 1. The molecule has 4 nitrogen and oxygen atoms in total. The molecule has 0 saturated heterocycles. The van der Waals surface area contributed by atoms with Gasteiger partial charge in [-0.1, -0.05) is 30.3 Å². The van der Waals surface area contributed by atoms with E-state index in [0.29, 0.717) is 6.61 Å². The van der Waals surface area contributed by atoms with E-state index in [-0.39, 0.29) is 18.4 Å². The molecular formula is C13H17NO3. The maximum absolute atomic E-state index is 11.8. The number of ether oxygens (including phenoxy) is 1. The average molecular weight is 235 g/mol. The first-order valence-electron chi connectivity index (χ1n) is 5.61. The van der Waals surface area contributed by atoms with Crippen LogP contribution in [0.25, 0.3) is 0 Å². The molecule has 1 amide bonds. The summed E-state index contributed by atoms with van der Waals surface area (Å²) in [5.74, 6) is -0.914. The summed E-state index contributed by atoms with van der Waals surface area (Å²) >= 11 is 0. The number of hydrogen-bond acceptors (Lipinski definition) is 3. The molecule has 17 heavy (non-hydrogen) atoms. The van der Waals surface area contributed by atoms with Gasteiger partial charge in [-0.15, -0.1) is 0 Å². The van der Waals surface area contributed by atoms with Crippen LogP contribution in [0.15, 0.2) is 30.3 Å². The van der Waals surface area contributed by atoms with Gasteiger partial charge in [0.05, 0.1) is 12.5 Å². The van der Waals surface area contributed by atoms with Crippen molar-refractivity contribution >= 4 is 11.9 Å². The Morgan fingerprint density at radius 1 is 1.29 bits per heavy atom. The largest absolute Gasteiger partial charge is 0.465 e. The summed E-state index contributed by atoms with van der Waals surface area (Å²) in [6, 6.07) is 9.29. The van der Waals surface area contributed by atoms with Crippen molar-refractivity contribution in [3.63, 3.8) is 0 Å². The second-order valence-corrected chi connectivity index (χ2v) is 3.65. The normalized spacial score (nSPS) is 11.6. The third-order valence-electron chi connectivity index (χ3n) is 2.33. The standard InChI is InChI=1S/C13H17NO3/c1-3-17-13(16)12(9-14-10(2)15)11-7-5-4-6-8-11/h4-8,12H,3,9H2,1-2H3,(H,14,15). The fourth-order valence-corrected chi connectivity index (χ4v) is 1.51. The van der Waals surface area contributed by atoms with Gasteiger partial charge in [0.2, 0.25) is 5.91 Å². The number of rotatable bonds is 5. The van der Waals surface area contributed by atoms with E-state index in [1.54, 1.807) is 6.92 Å². The fourth-order valence-electron chi connectivity index (χ4n) is 1.51. The highest BCUT2D eigenvalue weighted by molar-refractivity contribution is 5.80. The molecular weight excluding hydrogens is 218 g/mol. The van der Waals surface area contributed by atoms with E-state index in [0.717, 1.165) is 5.56 Å². The molecule has 0 fully saturated rings. The lowest BCUT2D eigenvalue weighted by Crippen LogP contribution is -2.31. The maximum atomic E-state index is 11.8. The Morgan fingerprint density at radius 2 is 1.94 bits per heavy atom. The zero-order valence-corrected chi connectivity index (χ0v) is 10.1. The second-order valence-electron chi connectivity index (χ2n) is 3.65. The van der Waals surface area contributed by atoms with Crippen molar-refractivity contribution in [3.05, 3.63) is 35.9 Å². The lowest BCUT2D eigenvalue weighted by Gasteiger charge is -2.16. The van der Waals surface area contributed by atoms with Crippen molar-refractivity contribution < 1.29 is 14.3 Å². The lowest BCUT2D eigenvalue weighted by molar-refractivity contribution is -0.144. The summed E-state index contributed by atoms with van der Waals surface area (Å²) in [5, 5.41) is 2.64. The number of hydrogen-bond donors (Lipinski definition) is 1. The quantitative estimate of drug-likeness (QED) is 0.786. The molecule has 0 aromatic heterocycles. The van der Waals surface area contributed by atoms with Gasteiger partial charge in [0.15, 0.2) is 0 Å². The van der Waals surface area contributed by atoms with Gasteiger partial charge in [-0.05, 0) is 12.5 Å². The minimum atomic E-state index is -0.444. The Kier molecular flexibility index (Phi) is 5.20. The molecule has 4 heteroatoms. The first-order valence-corrected chi connectivity index (χ1v) is 5.61. The molecule has 92 valence electrons. The molecule has 0 aliphatic rings.